The average Bonchev–Trinajstić information content (AvgIpc) is 2.63. The third-order valence-corrected chi connectivity index (χ3v) is 5.13. The lowest BCUT2D eigenvalue weighted by molar-refractivity contribution is -0.115. The van der Waals surface area contributed by atoms with Crippen LogP contribution in [0.4, 0.5) is 11.4 Å². The van der Waals surface area contributed by atoms with Crippen LogP contribution in [0.15, 0.2) is 42.5 Å². The molecular weight excluding hydrogens is 348 g/mol. The molecule has 0 saturated carbocycles. The second-order valence-corrected chi connectivity index (χ2v) is 7.32. The molecule has 5 nitrogen and oxygen atoms in total. The van der Waals surface area contributed by atoms with Crippen LogP contribution in [0.25, 0.3) is 0 Å². The maximum absolute atomic E-state index is 12.3. The molecule has 26 heavy (non-hydrogen) atoms. The molecule has 138 valence electrons. The molecule has 2 rings (SSSR count). The molecule has 0 saturated heterocycles. The summed E-state index contributed by atoms with van der Waals surface area (Å²) in [4.78, 5) is 24.4. The van der Waals surface area contributed by atoms with E-state index in [2.05, 4.69) is 10.6 Å². The summed E-state index contributed by atoms with van der Waals surface area (Å²) in [7, 11) is 1.56. The zero-order valence-corrected chi connectivity index (χ0v) is 16.3. The van der Waals surface area contributed by atoms with E-state index in [-0.39, 0.29) is 22.8 Å². The zero-order valence-electron chi connectivity index (χ0n) is 15.5. The lowest BCUT2D eigenvalue weighted by atomic mass is 10.1. The van der Waals surface area contributed by atoms with Crippen molar-refractivity contribution in [2.45, 2.75) is 26.0 Å². The van der Waals surface area contributed by atoms with Crippen molar-refractivity contribution in [3.63, 3.8) is 0 Å². The summed E-state index contributed by atoms with van der Waals surface area (Å²) in [5.74, 6) is 0.507. The Hall–Kier alpha value is -2.47. The van der Waals surface area contributed by atoms with Crippen LogP contribution >= 0.6 is 11.8 Å². The summed E-state index contributed by atoms with van der Waals surface area (Å²) in [6, 6.07) is 13.0. The SMILES string of the molecule is COc1ccccc1NC(=O)C(C)SCC(=O)Nc1ccc(C)c(C)c1. The molecule has 0 radical (unpaired) electrons. The highest BCUT2D eigenvalue weighted by molar-refractivity contribution is 8.01. The molecule has 1 unspecified atom stereocenters. The van der Waals surface area contributed by atoms with Gasteiger partial charge in [0.25, 0.3) is 0 Å². The predicted octanol–water partition coefficient (Wildman–Crippen LogP) is 4.01. The largest absolute Gasteiger partial charge is 0.495 e. The minimum Gasteiger partial charge on any atom is -0.495 e. The Morgan fingerprint density at radius 2 is 1.81 bits per heavy atom. The lowest BCUT2D eigenvalue weighted by Crippen LogP contribution is -2.25. The smallest absolute Gasteiger partial charge is 0.237 e. The summed E-state index contributed by atoms with van der Waals surface area (Å²) < 4.78 is 5.22. The average molecular weight is 372 g/mol. The minimum atomic E-state index is -0.370. The highest BCUT2D eigenvalue weighted by Crippen LogP contribution is 2.24. The molecule has 2 amide bonds. The van der Waals surface area contributed by atoms with E-state index in [1.165, 1.54) is 17.3 Å². The number of carbonyl (C=O) groups is 2. The Balaban J connectivity index is 1.85. The van der Waals surface area contributed by atoms with Crippen molar-refractivity contribution >= 4 is 35.0 Å². The predicted molar refractivity (Wildman–Crippen MR) is 108 cm³/mol. The van der Waals surface area contributed by atoms with Gasteiger partial charge in [-0.1, -0.05) is 18.2 Å². The van der Waals surface area contributed by atoms with E-state index in [0.29, 0.717) is 11.4 Å². The molecule has 0 heterocycles. The second-order valence-electron chi connectivity index (χ2n) is 5.99. The molecule has 0 bridgehead atoms. The topological polar surface area (TPSA) is 67.4 Å². The molecule has 0 aliphatic rings. The number of thioether (sulfide) groups is 1. The first-order valence-corrected chi connectivity index (χ1v) is 9.38. The highest BCUT2D eigenvalue weighted by Gasteiger charge is 2.17. The summed E-state index contributed by atoms with van der Waals surface area (Å²) in [6.45, 7) is 5.81. The van der Waals surface area contributed by atoms with E-state index in [1.807, 2.05) is 44.2 Å². The first-order chi connectivity index (χ1) is 12.4. The number of hydrogen-bond donors (Lipinski definition) is 2. The van der Waals surface area contributed by atoms with E-state index < -0.39 is 0 Å². The van der Waals surface area contributed by atoms with Crippen LogP contribution in [-0.2, 0) is 9.59 Å². The van der Waals surface area contributed by atoms with Gasteiger partial charge < -0.3 is 15.4 Å². The van der Waals surface area contributed by atoms with Crippen molar-refractivity contribution < 1.29 is 14.3 Å². The number of anilines is 2. The van der Waals surface area contributed by atoms with E-state index in [1.54, 1.807) is 26.2 Å². The number of carbonyl (C=O) groups excluding carboxylic acids is 2. The fourth-order valence-corrected chi connectivity index (χ4v) is 2.96. The van der Waals surface area contributed by atoms with Crippen LogP contribution in [0.1, 0.15) is 18.1 Å². The maximum Gasteiger partial charge on any atom is 0.237 e. The monoisotopic (exact) mass is 372 g/mol. The minimum absolute atomic E-state index is 0.129. The van der Waals surface area contributed by atoms with Crippen LogP contribution in [0.3, 0.4) is 0 Å². The van der Waals surface area contributed by atoms with Crippen molar-refractivity contribution in [1.82, 2.24) is 0 Å². The van der Waals surface area contributed by atoms with Crippen molar-refractivity contribution in [3.8, 4) is 5.75 Å². The Kier molecular flexibility index (Phi) is 7.09. The quantitative estimate of drug-likeness (QED) is 0.771. The Morgan fingerprint density at radius 1 is 1.08 bits per heavy atom. The van der Waals surface area contributed by atoms with Gasteiger partial charge in [0.2, 0.25) is 11.8 Å². The molecule has 0 aliphatic carbocycles. The zero-order chi connectivity index (χ0) is 19.1. The third-order valence-electron chi connectivity index (χ3n) is 3.99. The number of para-hydroxylation sites is 2. The summed E-state index contributed by atoms with van der Waals surface area (Å²) in [5, 5.41) is 5.32. The summed E-state index contributed by atoms with van der Waals surface area (Å²) in [5.41, 5.74) is 3.69. The van der Waals surface area contributed by atoms with E-state index in [0.717, 1.165) is 11.3 Å². The fourth-order valence-electron chi connectivity index (χ4n) is 2.27. The van der Waals surface area contributed by atoms with Gasteiger partial charge in [0.05, 0.1) is 23.8 Å². The molecule has 0 fully saturated rings. The second kappa shape index (κ2) is 9.29. The normalized spacial score (nSPS) is 11.5. The fraction of sp³-hybridized carbons (Fsp3) is 0.300. The Labute approximate surface area is 158 Å². The van der Waals surface area contributed by atoms with Gasteiger partial charge in [0, 0.05) is 5.69 Å². The Bertz CT molecular complexity index is 792. The molecule has 2 aromatic carbocycles. The van der Waals surface area contributed by atoms with E-state index >= 15 is 0 Å². The molecule has 0 aliphatic heterocycles. The number of amides is 2. The number of nitrogens with one attached hydrogen (secondary N) is 2. The molecule has 2 N–H and O–H groups in total. The van der Waals surface area contributed by atoms with Crippen LogP contribution in [-0.4, -0.2) is 29.9 Å². The molecule has 6 heteroatoms. The molecule has 1 atom stereocenters. The van der Waals surface area contributed by atoms with Gasteiger partial charge in [-0.2, -0.15) is 0 Å². The van der Waals surface area contributed by atoms with Crippen molar-refractivity contribution in [2.24, 2.45) is 0 Å². The number of methoxy groups -OCH3 is 1. The number of rotatable bonds is 7. The molecular formula is C20H24N2O3S. The summed E-state index contributed by atoms with van der Waals surface area (Å²) >= 11 is 1.29. The maximum atomic E-state index is 12.3. The van der Waals surface area contributed by atoms with Crippen molar-refractivity contribution in [1.29, 1.82) is 0 Å². The lowest BCUT2D eigenvalue weighted by Gasteiger charge is -2.14. The van der Waals surface area contributed by atoms with E-state index in [9.17, 15) is 9.59 Å². The van der Waals surface area contributed by atoms with E-state index in [4.69, 9.17) is 4.74 Å². The van der Waals surface area contributed by atoms with Gasteiger partial charge in [0.1, 0.15) is 5.75 Å². The number of aryl methyl sites for hydroxylation is 2. The van der Waals surface area contributed by atoms with Crippen molar-refractivity contribution in [3.05, 3.63) is 53.6 Å². The van der Waals surface area contributed by atoms with Crippen LogP contribution in [0, 0.1) is 13.8 Å². The first-order valence-electron chi connectivity index (χ1n) is 8.33. The van der Waals surface area contributed by atoms with Gasteiger partial charge >= 0.3 is 0 Å². The Morgan fingerprint density at radius 3 is 2.50 bits per heavy atom. The highest BCUT2D eigenvalue weighted by atomic mass is 32.2. The molecule has 0 spiro atoms. The van der Waals surface area contributed by atoms with Crippen LogP contribution in [0.5, 0.6) is 5.75 Å². The number of ether oxygens (including phenoxy) is 1. The molecule has 2 aromatic rings. The van der Waals surface area contributed by atoms with Gasteiger partial charge in [-0.05, 0) is 56.2 Å². The van der Waals surface area contributed by atoms with Crippen LogP contribution < -0.4 is 15.4 Å². The van der Waals surface area contributed by atoms with Crippen LogP contribution in [0.2, 0.25) is 0 Å². The van der Waals surface area contributed by atoms with Gasteiger partial charge in [-0.3, -0.25) is 9.59 Å². The third kappa shape index (κ3) is 5.52. The van der Waals surface area contributed by atoms with Gasteiger partial charge in [0.15, 0.2) is 0 Å². The van der Waals surface area contributed by atoms with Gasteiger partial charge in [-0.15, -0.1) is 11.8 Å². The molecule has 0 aromatic heterocycles. The number of benzene rings is 2. The van der Waals surface area contributed by atoms with Crippen molar-refractivity contribution in [2.75, 3.05) is 23.5 Å². The first kappa shape index (κ1) is 19.8. The summed E-state index contributed by atoms with van der Waals surface area (Å²) in [6.07, 6.45) is 0. The van der Waals surface area contributed by atoms with Gasteiger partial charge in [-0.25, -0.2) is 0 Å². The number of hydrogen-bond acceptors (Lipinski definition) is 4. The standard InChI is InChI=1S/C20H24N2O3S/c1-13-9-10-16(11-14(13)2)21-19(23)12-26-15(3)20(24)22-17-7-5-6-8-18(17)25-4/h5-11,15H,12H2,1-4H3,(H,21,23)(H,22,24).